The van der Waals surface area contributed by atoms with Crippen LogP contribution in [0.3, 0.4) is 0 Å². The van der Waals surface area contributed by atoms with E-state index in [2.05, 4.69) is 10.0 Å². The van der Waals surface area contributed by atoms with Gasteiger partial charge in [-0.2, -0.15) is 0 Å². The minimum Gasteiger partial charge on any atom is -0.344 e. The van der Waals surface area contributed by atoms with Gasteiger partial charge in [0.25, 0.3) is 0 Å². The van der Waals surface area contributed by atoms with Crippen molar-refractivity contribution in [2.24, 2.45) is 5.92 Å². The smallest absolute Gasteiger partial charge is 0.240 e. The second kappa shape index (κ2) is 7.21. The number of hydrogen-bond donors (Lipinski definition) is 2. The third-order valence-corrected chi connectivity index (χ3v) is 5.33. The maximum absolute atomic E-state index is 12.1. The first-order valence-corrected chi connectivity index (χ1v) is 8.90. The van der Waals surface area contributed by atoms with Crippen LogP contribution in [-0.4, -0.2) is 52.5 Å². The van der Waals surface area contributed by atoms with Crippen LogP contribution in [0, 0.1) is 12.8 Å². The normalized spacial score (nSPS) is 18.4. The molecule has 1 aromatic rings. The van der Waals surface area contributed by atoms with Crippen molar-refractivity contribution in [3.63, 3.8) is 0 Å². The fraction of sp³-hybridized carbons (Fsp3) is 0.533. The van der Waals surface area contributed by atoms with Gasteiger partial charge in [0.15, 0.2) is 0 Å². The molecule has 1 atom stereocenters. The molecule has 1 amide bonds. The summed E-state index contributed by atoms with van der Waals surface area (Å²) < 4.78 is 26.8. The molecule has 1 fully saturated rings. The summed E-state index contributed by atoms with van der Waals surface area (Å²) >= 11 is 0. The zero-order valence-electron chi connectivity index (χ0n) is 13.0. The molecule has 0 bridgehead atoms. The lowest BCUT2D eigenvalue weighted by molar-refractivity contribution is -0.133. The number of aryl methyl sites for hydroxylation is 1. The van der Waals surface area contributed by atoms with Crippen LogP contribution in [0.15, 0.2) is 29.2 Å². The molecule has 0 saturated carbocycles. The summed E-state index contributed by atoms with van der Waals surface area (Å²) in [6.45, 7) is 4.05. The van der Waals surface area contributed by atoms with Crippen LogP contribution in [0.2, 0.25) is 0 Å². The fourth-order valence-corrected chi connectivity index (χ4v) is 3.46. The summed E-state index contributed by atoms with van der Waals surface area (Å²) in [7, 11) is -1.81. The van der Waals surface area contributed by atoms with Crippen LogP contribution in [0.5, 0.6) is 0 Å². The van der Waals surface area contributed by atoms with Crippen molar-refractivity contribution < 1.29 is 13.2 Å². The summed E-state index contributed by atoms with van der Waals surface area (Å²) in [4.78, 5) is 14.0. The van der Waals surface area contributed by atoms with Crippen LogP contribution >= 0.6 is 0 Å². The molecule has 1 saturated heterocycles. The summed E-state index contributed by atoms with van der Waals surface area (Å²) in [5.41, 5.74) is 1.01. The van der Waals surface area contributed by atoms with Gasteiger partial charge in [-0.25, -0.2) is 13.1 Å². The molecule has 1 aliphatic rings. The lowest BCUT2D eigenvalue weighted by atomic mass is 10.1. The van der Waals surface area contributed by atoms with E-state index in [0.29, 0.717) is 13.1 Å². The molecule has 1 aromatic carbocycles. The van der Waals surface area contributed by atoms with Crippen molar-refractivity contribution >= 4 is 15.9 Å². The Morgan fingerprint density at radius 1 is 1.36 bits per heavy atom. The highest BCUT2D eigenvalue weighted by Crippen LogP contribution is 2.11. The monoisotopic (exact) mass is 325 g/mol. The Labute approximate surface area is 131 Å². The third kappa shape index (κ3) is 4.28. The lowest BCUT2D eigenvalue weighted by Crippen LogP contribution is -2.39. The summed E-state index contributed by atoms with van der Waals surface area (Å²) in [5.74, 6) is 0.0817. The molecule has 0 spiro atoms. The van der Waals surface area contributed by atoms with Crippen molar-refractivity contribution in [3.8, 4) is 0 Å². The molecule has 6 nitrogen and oxygen atoms in total. The van der Waals surface area contributed by atoms with Gasteiger partial charge in [-0.3, -0.25) is 4.79 Å². The molecular formula is C15H23N3O3S. The van der Waals surface area contributed by atoms with E-state index >= 15 is 0 Å². The molecule has 0 radical (unpaired) electrons. The molecule has 2 rings (SSSR count). The largest absolute Gasteiger partial charge is 0.344 e. The Kier molecular flexibility index (Phi) is 5.55. The minimum atomic E-state index is -3.52. The molecule has 122 valence electrons. The van der Waals surface area contributed by atoms with Gasteiger partial charge in [0.2, 0.25) is 15.9 Å². The highest BCUT2D eigenvalue weighted by molar-refractivity contribution is 7.89. The van der Waals surface area contributed by atoms with E-state index in [1.807, 2.05) is 6.92 Å². The molecule has 1 heterocycles. The Balaban J connectivity index is 1.84. The van der Waals surface area contributed by atoms with E-state index in [9.17, 15) is 13.2 Å². The van der Waals surface area contributed by atoms with Crippen molar-refractivity contribution in [3.05, 3.63) is 29.8 Å². The van der Waals surface area contributed by atoms with Gasteiger partial charge in [0.1, 0.15) is 0 Å². The minimum absolute atomic E-state index is 0.0127. The molecule has 1 aliphatic heterocycles. The van der Waals surface area contributed by atoms with E-state index in [1.54, 1.807) is 36.2 Å². The van der Waals surface area contributed by atoms with Gasteiger partial charge in [0, 0.05) is 26.7 Å². The predicted octanol–water partition coefficient (Wildman–Crippen LogP) is 0.341. The Hall–Kier alpha value is -1.44. The van der Waals surface area contributed by atoms with Crippen molar-refractivity contribution in [1.29, 1.82) is 0 Å². The number of carbonyl (C=O) groups is 1. The van der Waals surface area contributed by atoms with E-state index in [-0.39, 0.29) is 23.3 Å². The van der Waals surface area contributed by atoms with Gasteiger partial charge < -0.3 is 10.2 Å². The van der Waals surface area contributed by atoms with Crippen LogP contribution in [-0.2, 0) is 14.8 Å². The standard InChI is InChI=1S/C15H23N3O3S/c1-12-3-5-14(6-4-12)22(20,21)17-9-10-18(2)15(19)13-7-8-16-11-13/h3-6,13,16-17H,7-11H2,1-2H3. The number of sulfonamides is 1. The molecule has 2 N–H and O–H groups in total. The summed E-state index contributed by atoms with van der Waals surface area (Å²) in [6.07, 6.45) is 0.846. The number of hydrogen-bond acceptors (Lipinski definition) is 4. The van der Waals surface area contributed by atoms with Gasteiger partial charge in [-0.1, -0.05) is 17.7 Å². The molecule has 1 unspecified atom stereocenters. The first-order chi connectivity index (χ1) is 10.4. The third-order valence-electron chi connectivity index (χ3n) is 3.86. The van der Waals surface area contributed by atoms with E-state index in [4.69, 9.17) is 0 Å². The molecule has 0 aromatic heterocycles. The number of carbonyl (C=O) groups excluding carboxylic acids is 1. The average Bonchev–Trinajstić information content (AvgIpc) is 3.00. The van der Waals surface area contributed by atoms with E-state index in [0.717, 1.165) is 18.5 Å². The number of nitrogens with zero attached hydrogens (tertiary/aromatic N) is 1. The van der Waals surface area contributed by atoms with Crippen LogP contribution in [0.1, 0.15) is 12.0 Å². The van der Waals surface area contributed by atoms with Crippen LogP contribution in [0.4, 0.5) is 0 Å². The molecule has 22 heavy (non-hydrogen) atoms. The van der Waals surface area contributed by atoms with Crippen LogP contribution in [0.25, 0.3) is 0 Å². The number of rotatable bonds is 6. The number of benzene rings is 1. The van der Waals surface area contributed by atoms with Crippen molar-refractivity contribution in [2.75, 3.05) is 33.2 Å². The van der Waals surface area contributed by atoms with E-state index in [1.165, 1.54) is 0 Å². The average molecular weight is 325 g/mol. The first-order valence-electron chi connectivity index (χ1n) is 7.42. The summed E-state index contributed by atoms with van der Waals surface area (Å²) in [6, 6.07) is 6.68. The lowest BCUT2D eigenvalue weighted by Gasteiger charge is -2.20. The SMILES string of the molecule is Cc1ccc(S(=O)(=O)NCCN(C)C(=O)C2CCNC2)cc1. The van der Waals surface area contributed by atoms with E-state index < -0.39 is 10.0 Å². The van der Waals surface area contributed by atoms with Crippen molar-refractivity contribution in [1.82, 2.24) is 14.9 Å². The molecule has 7 heteroatoms. The van der Waals surface area contributed by atoms with Gasteiger partial charge >= 0.3 is 0 Å². The topological polar surface area (TPSA) is 78.5 Å². The number of nitrogens with one attached hydrogen (secondary N) is 2. The maximum Gasteiger partial charge on any atom is 0.240 e. The van der Waals surface area contributed by atoms with Gasteiger partial charge in [-0.15, -0.1) is 0 Å². The quantitative estimate of drug-likeness (QED) is 0.791. The van der Waals surface area contributed by atoms with Crippen LogP contribution < -0.4 is 10.0 Å². The number of amides is 1. The zero-order chi connectivity index (χ0) is 16.2. The predicted molar refractivity (Wildman–Crippen MR) is 85.0 cm³/mol. The highest BCUT2D eigenvalue weighted by atomic mass is 32.2. The fourth-order valence-electron chi connectivity index (χ4n) is 2.44. The molecular weight excluding hydrogens is 302 g/mol. The second-order valence-electron chi connectivity index (χ2n) is 5.66. The molecule has 0 aliphatic carbocycles. The second-order valence-corrected chi connectivity index (χ2v) is 7.43. The highest BCUT2D eigenvalue weighted by Gasteiger charge is 2.25. The Bertz CT molecular complexity index is 607. The number of likely N-dealkylation sites (N-methyl/N-ethyl adjacent to an activating group) is 1. The van der Waals surface area contributed by atoms with Gasteiger partial charge in [-0.05, 0) is 32.0 Å². The maximum atomic E-state index is 12.1. The summed E-state index contributed by atoms with van der Waals surface area (Å²) in [5, 5.41) is 3.16. The van der Waals surface area contributed by atoms with Gasteiger partial charge in [0.05, 0.1) is 10.8 Å². The Morgan fingerprint density at radius 2 is 2.05 bits per heavy atom. The zero-order valence-corrected chi connectivity index (χ0v) is 13.8. The van der Waals surface area contributed by atoms with Crippen molar-refractivity contribution in [2.45, 2.75) is 18.2 Å². The Morgan fingerprint density at radius 3 is 2.64 bits per heavy atom. The first kappa shape index (κ1) is 16.9.